The van der Waals surface area contributed by atoms with E-state index in [1.165, 1.54) is 6.33 Å². The fourth-order valence-electron chi connectivity index (χ4n) is 2.54. The van der Waals surface area contributed by atoms with Crippen LogP contribution in [0, 0.1) is 5.41 Å². The first-order valence-electron chi connectivity index (χ1n) is 6.23. The number of hydrogen-bond acceptors (Lipinski definition) is 4. The molecule has 0 radical (unpaired) electrons. The number of carboxylic acids is 1. The molecule has 1 N–H and O–H groups in total. The van der Waals surface area contributed by atoms with Crippen molar-refractivity contribution in [3.8, 4) is 0 Å². The van der Waals surface area contributed by atoms with E-state index in [0.29, 0.717) is 25.2 Å². The minimum absolute atomic E-state index is 0.148. The van der Waals surface area contributed by atoms with Crippen LogP contribution in [-0.2, 0) is 22.6 Å². The summed E-state index contributed by atoms with van der Waals surface area (Å²) in [4.78, 5) is 27.7. The van der Waals surface area contributed by atoms with Gasteiger partial charge in [0.25, 0.3) is 0 Å². The van der Waals surface area contributed by atoms with Gasteiger partial charge in [-0.3, -0.25) is 14.3 Å². The van der Waals surface area contributed by atoms with Crippen LogP contribution in [0.3, 0.4) is 0 Å². The summed E-state index contributed by atoms with van der Waals surface area (Å²) in [5.41, 5.74) is -1.29. The van der Waals surface area contributed by atoms with Gasteiger partial charge < -0.3 is 5.11 Å². The predicted octanol–water partition coefficient (Wildman–Crippen LogP) is 1.05. The molecule has 18 heavy (non-hydrogen) atoms. The summed E-state index contributed by atoms with van der Waals surface area (Å²) in [7, 11) is 0. The normalized spacial score (nSPS) is 24.2. The Bertz CT molecular complexity index is 469. The smallest absolute Gasteiger partial charge is 0.317 e. The molecule has 2 rings (SSSR count). The van der Waals surface area contributed by atoms with Crippen molar-refractivity contribution in [2.24, 2.45) is 5.41 Å². The molecule has 1 fully saturated rings. The molecule has 0 bridgehead atoms. The first-order chi connectivity index (χ1) is 8.60. The van der Waals surface area contributed by atoms with Crippen LogP contribution < -0.4 is 0 Å². The van der Waals surface area contributed by atoms with Gasteiger partial charge in [-0.05, 0) is 19.8 Å². The van der Waals surface area contributed by atoms with E-state index in [-0.39, 0.29) is 12.2 Å². The van der Waals surface area contributed by atoms with Crippen molar-refractivity contribution in [1.82, 2.24) is 14.8 Å². The predicted molar refractivity (Wildman–Crippen MR) is 62.9 cm³/mol. The molecule has 1 aromatic rings. The maximum atomic E-state index is 12.0. The molecule has 1 unspecified atom stereocenters. The average Bonchev–Trinajstić information content (AvgIpc) is 2.79. The van der Waals surface area contributed by atoms with Gasteiger partial charge >= 0.3 is 5.97 Å². The van der Waals surface area contributed by atoms with Crippen LogP contribution in [0.1, 0.15) is 38.4 Å². The number of carboxylic acid groups (broad SMARTS) is 1. The van der Waals surface area contributed by atoms with E-state index in [1.807, 2.05) is 6.92 Å². The molecule has 0 aromatic carbocycles. The Labute approximate surface area is 105 Å². The lowest BCUT2D eigenvalue weighted by Crippen LogP contribution is -2.44. The molecule has 1 atom stereocenters. The van der Waals surface area contributed by atoms with Crippen molar-refractivity contribution in [3.63, 3.8) is 0 Å². The van der Waals surface area contributed by atoms with Gasteiger partial charge in [-0.1, -0.05) is 6.42 Å². The van der Waals surface area contributed by atoms with Gasteiger partial charge in [-0.25, -0.2) is 4.98 Å². The molecule has 1 aliphatic carbocycles. The monoisotopic (exact) mass is 251 g/mol. The van der Waals surface area contributed by atoms with E-state index in [2.05, 4.69) is 10.1 Å². The molecule has 0 amide bonds. The fraction of sp³-hybridized carbons (Fsp3) is 0.667. The molecule has 0 saturated heterocycles. The third-order valence-corrected chi connectivity index (χ3v) is 3.66. The van der Waals surface area contributed by atoms with Crippen LogP contribution in [0.4, 0.5) is 0 Å². The molecule has 1 aliphatic rings. The lowest BCUT2D eigenvalue weighted by atomic mass is 9.70. The Morgan fingerprint density at radius 3 is 2.94 bits per heavy atom. The lowest BCUT2D eigenvalue weighted by molar-refractivity contribution is -0.157. The van der Waals surface area contributed by atoms with Crippen molar-refractivity contribution >= 4 is 11.8 Å². The summed E-state index contributed by atoms with van der Waals surface area (Å²) >= 11 is 0. The Morgan fingerprint density at radius 1 is 1.56 bits per heavy atom. The zero-order chi connectivity index (χ0) is 13.2. The number of rotatable bonds is 4. The lowest BCUT2D eigenvalue weighted by Gasteiger charge is -2.31. The van der Waals surface area contributed by atoms with Crippen molar-refractivity contribution in [2.45, 2.75) is 45.6 Å². The van der Waals surface area contributed by atoms with Gasteiger partial charge in [-0.2, -0.15) is 5.10 Å². The van der Waals surface area contributed by atoms with Crippen LogP contribution >= 0.6 is 0 Å². The molecule has 1 saturated carbocycles. The summed E-state index contributed by atoms with van der Waals surface area (Å²) < 4.78 is 1.65. The second-order valence-electron chi connectivity index (χ2n) is 4.69. The van der Waals surface area contributed by atoms with Crippen LogP contribution in [0.15, 0.2) is 6.33 Å². The highest BCUT2D eigenvalue weighted by molar-refractivity contribution is 6.03. The standard InChI is InChI=1S/C12H17N3O3/c1-2-15-10(13-8-14-15)7-12(11(17)18)6-4-3-5-9(12)16/h8H,2-7H2,1H3,(H,17,18). The number of carbonyl (C=O) groups excluding carboxylic acids is 1. The minimum Gasteiger partial charge on any atom is -0.480 e. The molecule has 1 heterocycles. The van der Waals surface area contributed by atoms with E-state index in [9.17, 15) is 14.7 Å². The quantitative estimate of drug-likeness (QED) is 0.808. The van der Waals surface area contributed by atoms with Gasteiger partial charge in [0, 0.05) is 19.4 Å². The van der Waals surface area contributed by atoms with E-state index in [4.69, 9.17) is 0 Å². The summed E-state index contributed by atoms with van der Waals surface area (Å²) in [5.74, 6) is -0.625. The first-order valence-corrected chi connectivity index (χ1v) is 6.23. The van der Waals surface area contributed by atoms with E-state index in [0.717, 1.165) is 12.8 Å². The van der Waals surface area contributed by atoms with Gasteiger partial charge in [0.15, 0.2) is 5.78 Å². The molecular weight excluding hydrogens is 234 g/mol. The SMILES string of the molecule is CCn1ncnc1CC1(C(=O)O)CCCCC1=O. The zero-order valence-corrected chi connectivity index (χ0v) is 10.4. The average molecular weight is 251 g/mol. The molecule has 0 aliphatic heterocycles. The fourth-order valence-corrected chi connectivity index (χ4v) is 2.54. The maximum absolute atomic E-state index is 12.0. The Hall–Kier alpha value is -1.72. The van der Waals surface area contributed by atoms with Crippen LogP contribution in [0.5, 0.6) is 0 Å². The largest absolute Gasteiger partial charge is 0.480 e. The van der Waals surface area contributed by atoms with Crippen molar-refractivity contribution in [3.05, 3.63) is 12.2 Å². The summed E-state index contributed by atoms with van der Waals surface area (Å²) in [6.45, 7) is 2.54. The van der Waals surface area contributed by atoms with E-state index in [1.54, 1.807) is 4.68 Å². The first kappa shape index (κ1) is 12.7. The van der Waals surface area contributed by atoms with Crippen molar-refractivity contribution < 1.29 is 14.7 Å². The third-order valence-electron chi connectivity index (χ3n) is 3.66. The van der Waals surface area contributed by atoms with Crippen LogP contribution in [0.2, 0.25) is 0 Å². The van der Waals surface area contributed by atoms with Crippen molar-refractivity contribution in [1.29, 1.82) is 0 Å². The van der Waals surface area contributed by atoms with E-state index < -0.39 is 11.4 Å². The molecular formula is C12H17N3O3. The molecule has 1 aromatic heterocycles. The Balaban J connectivity index is 2.31. The third kappa shape index (κ3) is 2.02. The minimum atomic E-state index is -1.29. The second-order valence-corrected chi connectivity index (χ2v) is 4.69. The topological polar surface area (TPSA) is 85.1 Å². The number of hydrogen-bond donors (Lipinski definition) is 1. The number of aliphatic carboxylic acids is 1. The zero-order valence-electron chi connectivity index (χ0n) is 10.4. The maximum Gasteiger partial charge on any atom is 0.317 e. The number of ketones is 1. The van der Waals surface area contributed by atoms with E-state index >= 15 is 0 Å². The number of carbonyl (C=O) groups is 2. The summed E-state index contributed by atoms with van der Waals surface area (Å²) in [5, 5.41) is 13.5. The van der Waals surface area contributed by atoms with Gasteiger partial charge in [-0.15, -0.1) is 0 Å². The van der Waals surface area contributed by atoms with Gasteiger partial charge in [0.05, 0.1) is 0 Å². The molecule has 6 nitrogen and oxygen atoms in total. The number of Topliss-reactive ketones (excluding diaryl/α,β-unsaturated/α-hetero) is 1. The number of aromatic nitrogens is 3. The molecule has 6 heteroatoms. The molecule has 0 spiro atoms. The van der Waals surface area contributed by atoms with Crippen molar-refractivity contribution in [2.75, 3.05) is 0 Å². The van der Waals surface area contributed by atoms with Crippen LogP contribution in [-0.4, -0.2) is 31.6 Å². The summed E-state index contributed by atoms with van der Waals surface area (Å²) in [6.07, 6.45) is 3.87. The molecule has 98 valence electrons. The number of nitrogens with zero attached hydrogens (tertiary/aromatic N) is 3. The number of aryl methyl sites for hydroxylation is 1. The summed E-state index contributed by atoms with van der Waals surface area (Å²) in [6, 6.07) is 0. The highest BCUT2D eigenvalue weighted by Crippen LogP contribution is 2.36. The Morgan fingerprint density at radius 2 is 2.33 bits per heavy atom. The highest BCUT2D eigenvalue weighted by atomic mass is 16.4. The van der Waals surface area contributed by atoms with Gasteiger partial charge in [0.1, 0.15) is 17.6 Å². The van der Waals surface area contributed by atoms with Gasteiger partial charge in [0.2, 0.25) is 0 Å². The van der Waals surface area contributed by atoms with Crippen LogP contribution in [0.25, 0.3) is 0 Å². The highest BCUT2D eigenvalue weighted by Gasteiger charge is 2.47. The second kappa shape index (κ2) is 4.88. The Kier molecular flexibility index (Phi) is 3.45.